The summed E-state index contributed by atoms with van der Waals surface area (Å²) < 4.78 is 0. The average molecular weight is 98.1 g/mol. The highest BCUT2D eigenvalue weighted by molar-refractivity contribution is 5.00. The lowest BCUT2D eigenvalue weighted by Gasteiger charge is -1.90. The largest absolute Gasteiger partial charge is 0.403 e. The Morgan fingerprint density at radius 3 is 2.86 bits per heavy atom. The lowest BCUT2D eigenvalue weighted by molar-refractivity contribution is 0.902. The zero-order chi connectivity index (χ0) is 5.11. The van der Waals surface area contributed by atoms with Crippen LogP contribution < -0.4 is 11.1 Å². The Morgan fingerprint density at radius 1 is 1.71 bits per heavy atom. The van der Waals surface area contributed by atoms with Crippen LogP contribution in [0.25, 0.3) is 0 Å². The van der Waals surface area contributed by atoms with E-state index < -0.39 is 0 Å². The van der Waals surface area contributed by atoms with E-state index in [0.717, 1.165) is 13.0 Å². The third-order valence-electron chi connectivity index (χ3n) is 1.18. The molecule has 1 aliphatic heterocycles. The van der Waals surface area contributed by atoms with Crippen LogP contribution in [0.4, 0.5) is 0 Å². The standard InChI is InChI=1S/C5H10N2/c6-4-5-2-1-3-7-5/h4,7H,1-3,6H2/b5-4+. The van der Waals surface area contributed by atoms with E-state index in [2.05, 4.69) is 5.32 Å². The summed E-state index contributed by atoms with van der Waals surface area (Å²) in [6, 6.07) is 0. The summed E-state index contributed by atoms with van der Waals surface area (Å²) >= 11 is 0. The van der Waals surface area contributed by atoms with Gasteiger partial charge in [-0.3, -0.25) is 0 Å². The second kappa shape index (κ2) is 1.87. The third kappa shape index (κ3) is 0.856. The molecule has 1 heterocycles. The smallest absolute Gasteiger partial charge is 0.0265 e. The highest BCUT2D eigenvalue weighted by Crippen LogP contribution is 2.05. The topological polar surface area (TPSA) is 38.0 Å². The Hall–Kier alpha value is -0.660. The fourth-order valence-corrected chi connectivity index (χ4v) is 0.758. The molecule has 1 saturated heterocycles. The van der Waals surface area contributed by atoms with Gasteiger partial charge in [-0.25, -0.2) is 0 Å². The lowest BCUT2D eigenvalue weighted by Crippen LogP contribution is -2.04. The second-order valence-corrected chi connectivity index (χ2v) is 1.72. The molecule has 40 valence electrons. The maximum absolute atomic E-state index is 5.21. The molecule has 7 heavy (non-hydrogen) atoms. The molecular formula is C5H10N2. The summed E-state index contributed by atoms with van der Waals surface area (Å²) in [5, 5.41) is 3.14. The summed E-state index contributed by atoms with van der Waals surface area (Å²) in [4.78, 5) is 0. The van der Waals surface area contributed by atoms with E-state index in [1.807, 2.05) is 0 Å². The molecule has 0 unspecified atom stereocenters. The van der Waals surface area contributed by atoms with Crippen LogP contribution in [0.5, 0.6) is 0 Å². The van der Waals surface area contributed by atoms with E-state index in [-0.39, 0.29) is 0 Å². The van der Waals surface area contributed by atoms with Crippen LogP contribution in [0.2, 0.25) is 0 Å². The number of hydrogen-bond acceptors (Lipinski definition) is 2. The number of hydrogen-bond donors (Lipinski definition) is 2. The van der Waals surface area contributed by atoms with Crippen molar-refractivity contribution >= 4 is 0 Å². The van der Waals surface area contributed by atoms with Gasteiger partial charge in [0.15, 0.2) is 0 Å². The Bertz CT molecular complexity index is 78.1. The van der Waals surface area contributed by atoms with Gasteiger partial charge in [-0.2, -0.15) is 0 Å². The molecule has 0 atom stereocenters. The van der Waals surface area contributed by atoms with Crippen molar-refractivity contribution in [3.05, 3.63) is 11.9 Å². The van der Waals surface area contributed by atoms with Gasteiger partial charge in [0, 0.05) is 18.4 Å². The van der Waals surface area contributed by atoms with Crippen molar-refractivity contribution in [1.29, 1.82) is 0 Å². The van der Waals surface area contributed by atoms with Gasteiger partial charge in [0.05, 0.1) is 0 Å². The van der Waals surface area contributed by atoms with Gasteiger partial charge < -0.3 is 11.1 Å². The molecule has 1 fully saturated rings. The maximum Gasteiger partial charge on any atom is 0.0265 e. The molecule has 0 aromatic heterocycles. The van der Waals surface area contributed by atoms with Crippen molar-refractivity contribution in [2.75, 3.05) is 6.54 Å². The van der Waals surface area contributed by atoms with Crippen molar-refractivity contribution in [1.82, 2.24) is 5.32 Å². The monoisotopic (exact) mass is 98.1 g/mol. The highest BCUT2D eigenvalue weighted by Gasteiger charge is 2.01. The first-order chi connectivity index (χ1) is 3.43. The van der Waals surface area contributed by atoms with Gasteiger partial charge in [-0.1, -0.05) is 0 Å². The van der Waals surface area contributed by atoms with Crippen LogP contribution in [0.15, 0.2) is 11.9 Å². The Morgan fingerprint density at radius 2 is 2.57 bits per heavy atom. The molecule has 0 saturated carbocycles. The molecule has 0 radical (unpaired) electrons. The van der Waals surface area contributed by atoms with Gasteiger partial charge in [-0.15, -0.1) is 0 Å². The lowest BCUT2D eigenvalue weighted by atomic mass is 10.3. The fourth-order valence-electron chi connectivity index (χ4n) is 0.758. The third-order valence-corrected chi connectivity index (χ3v) is 1.18. The van der Waals surface area contributed by atoms with E-state index in [1.54, 1.807) is 6.20 Å². The summed E-state index contributed by atoms with van der Waals surface area (Å²) in [6.45, 7) is 1.10. The zero-order valence-electron chi connectivity index (χ0n) is 4.28. The molecule has 0 bridgehead atoms. The molecule has 0 aromatic rings. The number of rotatable bonds is 0. The van der Waals surface area contributed by atoms with E-state index in [0.29, 0.717) is 0 Å². The molecule has 2 nitrogen and oxygen atoms in total. The quantitative estimate of drug-likeness (QED) is 0.453. The highest BCUT2D eigenvalue weighted by atomic mass is 14.9. The van der Waals surface area contributed by atoms with E-state index >= 15 is 0 Å². The van der Waals surface area contributed by atoms with Crippen LogP contribution in [0, 0.1) is 0 Å². The SMILES string of the molecule is N/C=C1\CCCN1. The Labute approximate surface area is 43.4 Å². The van der Waals surface area contributed by atoms with Crippen LogP contribution in [0.3, 0.4) is 0 Å². The normalized spacial score (nSPS) is 25.4. The van der Waals surface area contributed by atoms with Crippen molar-refractivity contribution in [3.8, 4) is 0 Å². The van der Waals surface area contributed by atoms with E-state index in [1.165, 1.54) is 12.1 Å². The molecule has 3 N–H and O–H groups in total. The fraction of sp³-hybridized carbons (Fsp3) is 0.600. The summed E-state index contributed by atoms with van der Waals surface area (Å²) in [7, 11) is 0. The van der Waals surface area contributed by atoms with Crippen LogP contribution in [-0.2, 0) is 0 Å². The molecule has 1 rings (SSSR count). The Kier molecular flexibility index (Phi) is 1.20. The van der Waals surface area contributed by atoms with Crippen LogP contribution in [0.1, 0.15) is 12.8 Å². The zero-order valence-corrected chi connectivity index (χ0v) is 4.28. The van der Waals surface area contributed by atoms with Crippen LogP contribution >= 0.6 is 0 Å². The van der Waals surface area contributed by atoms with Crippen molar-refractivity contribution in [3.63, 3.8) is 0 Å². The van der Waals surface area contributed by atoms with Crippen molar-refractivity contribution < 1.29 is 0 Å². The van der Waals surface area contributed by atoms with E-state index in [4.69, 9.17) is 5.73 Å². The van der Waals surface area contributed by atoms with Gasteiger partial charge in [0.2, 0.25) is 0 Å². The average Bonchev–Trinajstić information content (AvgIpc) is 2.14. The minimum Gasteiger partial charge on any atom is -0.403 e. The number of allylic oxidation sites excluding steroid dienone is 1. The maximum atomic E-state index is 5.21. The van der Waals surface area contributed by atoms with Crippen molar-refractivity contribution in [2.45, 2.75) is 12.8 Å². The summed E-state index contributed by atoms with van der Waals surface area (Å²) in [6.07, 6.45) is 4.02. The molecule has 0 aliphatic carbocycles. The Balaban J connectivity index is 2.41. The van der Waals surface area contributed by atoms with E-state index in [9.17, 15) is 0 Å². The van der Waals surface area contributed by atoms with Gasteiger partial charge in [-0.05, 0) is 12.8 Å². The molecule has 2 heteroatoms. The predicted molar refractivity (Wildman–Crippen MR) is 29.5 cm³/mol. The van der Waals surface area contributed by atoms with Gasteiger partial charge in [0.1, 0.15) is 0 Å². The summed E-state index contributed by atoms with van der Waals surface area (Å²) in [5.74, 6) is 0. The number of nitrogens with one attached hydrogen (secondary N) is 1. The summed E-state index contributed by atoms with van der Waals surface area (Å²) in [5.41, 5.74) is 6.40. The minimum absolute atomic E-state index is 1.10. The van der Waals surface area contributed by atoms with Crippen LogP contribution in [-0.4, -0.2) is 6.54 Å². The van der Waals surface area contributed by atoms with Crippen molar-refractivity contribution in [2.24, 2.45) is 5.73 Å². The second-order valence-electron chi connectivity index (χ2n) is 1.72. The van der Waals surface area contributed by atoms with Gasteiger partial charge in [0.25, 0.3) is 0 Å². The minimum atomic E-state index is 1.10. The first kappa shape index (κ1) is 4.50. The molecular weight excluding hydrogens is 88.1 g/mol. The predicted octanol–water partition coefficient (Wildman–Crippen LogP) is 0.170. The number of nitrogens with two attached hydrogens (primary N) is 1. The molecule has 0 spiro atoms. The molecule has 1 aliphatic rings. The van der Waals surface area contributed by atoms with Gasteiger partial charge >= 0.3 is 0 Å². The first-order valence-corrected chi connectivity index (χ1v) is 2.58. The first-order valence-electron chi connectivity index (χ1n) is 2.58. The molecule has 0 aromatic carbocycles. The molecule has 0 amide bonds.